The molecule has 20 heavy (non-hydrogen) atoms. The molecular weight excluding hydrogens is 338 g/mol. The zero-order chi connectivity index (χ0) is 14.1. The molecular formula is C15H11BrClN3. The lowest BCUT2D eigenvalue weighted by Gasteiger charge is -2.12. The van der Waals surface area contributed by atoms with Crippen LogP contribution in [0.5, 0.6) is 0 Å². The highest BCUT2D eigenvalue weighted by atomic mass is 79.9. The van der Waals surface area contributed by atoms with Gasteiger partial charge in [-0.25, -0.2) is 0 Å². The van der Waals surface area contributed by atoms with Crippen LogP contribution >= 0.6 is 27.5 Å². The molecule has 0 spiro atoms. The number of nitrogens with zero attached hydrogens (tertiary/aromatic N) is 1. The fourth-order valence-electron chi connectivity index (χ4n) is 2.02. The summed E-state index contributed by atoms with van der Waals surface area (Å²) in [5.74, 6) is 0. The number of anilines is 3. The van der Waals surface area contributed by atoms with Crippen LogP contribution in [0.3, 0.4) is 0 Å². The predicted molar refractivity (Wildman–Crippen MR) is 88.6 cm³/mol. The SMILES string of the molecule is Nc1ccc(Br)cc1Nc1ccc(Cl)c2cccnc12. The number of fused-ring (bicyclic) bond motifs is 1. The van der Waals surface area contributed by atoms with Crippen LogP contribution in [0.4, 0.5) is 17.1 Å². The van der Waals surface area contributed by atoms with Gasteiger partial charge in [-0.2, -0.15) is 0 Å². The highest BCUT2D eigenvalue weighted by Gasteiger charge is 2.07. The molecule has 0 atom stereocenters. The average Bonchev–Trinajstić information content (AvgIpc) is 2.46. The molecule has 0 amide bonds. The van der Waals surface area contributed by atoms with Crippen molar-refractivity contribution in [2.45, 2.75) is 0 Å². The molecule has 0 unspecified atom stereocenters. The van der Waals surface area contributed by atoms with Crippen molar-refractivity contribution in [2.24, 2.45) is 0 Å². The topological polar surface area (TPSA) is 50.9 Å². The van der Waals surface area contributed by atoms with E-state index in [0.29, 0.717) is 10.7 Å². The first-order valence-corrected chi connectivity index (χ1v) is 7.17. The van der Waals surface area contributed by atoms with Crippen molar-refractivity contribution in [2.75, 3.05) is 11.1 Å². The second-order valence-electron chi connectivity index (χ2n) is 4.35. The van der Waals surface area contributed by atoms with Crippen molar-refractivity contribution in [3.63, 3.8) is 0 Å². The first kappa shape index (κ1) is 13.2. The molecule has 3 aromatic rings. The van der Waals surface area contributed by atoms with Crippen LogP contribution in [-0.2, 0) is 0 Å². The summed E-state index contributed by atoms with van der Waals surface area (Å²) in [7, 11) is 0. The molecule has 2 aromatic carbocycles. The summed E-state index contributed by atoms with van der Waals surface area (Å²) in [6, 6.07) is 13.2. The number of nitrogens with two attached hydrogens (primary N) is 1. The quantitative estimate of drug-likeness (QED) is 0.642. The lowest BCUT2D eigenvalue weighted by molar-refractivity contribution is 1.40. The van der Waals surface area contributed by atoms with E-state index >= 15 is 0 Å². The number of hydrogen-bond acceptors (Lipinski definition) is 3. The van der Waals surface area contributed by atoms with E-state index in [-0.39, 0.29) is 0 Å². The Labute approximate surface area is 129 Å². The number of nitrogens with one attached hydrogen (secondary N) is 1. The maximum absolute atomic E-state index is 6.19. The molecule has 0 saturated heterocycles. The number of aromatic nitrogens is 1. The van der Waals surface area contributed by atoms with Crippen molar-refractivity contribution in [3.05, 3.63) is 58.2 Å². The van der Waals surface area contributed by atoms with Gasteiger partial charge >= 0.3 is 0 Å². The van der Waals surface area contributed by atoms with Crippen molar-refractivity contribution < 1.29 is 0 Å². The first-order valence-electron chi connectivity index (χ1n) is 6.00. The molecule has 1 aromatic heterocycles. The number of nitrogen functional groups attached to an aromatic ring is 1. The maximum atomic E-state index is 6.19. The number of hydrogen-bond donors (Lipinski definition) is 2. The third-order valence-corrected chi connectivity index (χ3v) is 3.82. The van der Waals surface area contributed by atoms with Crippen LogP contribution in [0, 0.1) is 0 Å². The zero-order valence-electron chi connectivity index (χ0n) is 10.4. The summed E-state index contributed by atoms with van der Waals surface area (Å²) >= 11 is 9.63. The molecule has 0 aliphatic rings. The van der Waals surface area contributed by atoms with Crippen molar-refractivity contribution in [3.8, 4) is 0 Å². The minimum atomic E-state index is 0.673. The number of halogens is 2. The Balaban J connectivity index is 2.11. The van der Waals surface area contributed by atoms with Gasteiger partial charge in [0.05, 0.1) is 27.6 Å². The molecule has 0 aliphatic heterocycles. The predicted octanol–water partition coefficient (Wildman–Crippen LogP) is 4.98. The molecule has 0 saturated carbocycles. The third kappa shape index (κ3) is 2.44. The van der Waals surface area contributed by atoms with Crippen molar-refractivity contribution in [1.82, 2.24) is 4.98 Å². The van der Waals surface area contributed by atoms with E-state index in [1.165, 1.54) is 0 Å². The maximum Gasteiger partial charge on any atom is 0.0951 e. The van der Waals surface area contributed by atoms with E-state index in [0.717, 1.165) is 26.8 Å². The van der Waals surface area contributed by atoms with Gasteiger partial charge in [0.1, 0.15) is 0 Å². The van der Waals surface area contributed by atoms with E-state index in [1.807, 2.05) is 42.5 Å². The van der Waals surface area contributed by atoms with Crippen LogP contribution in [-0.4, -0.2) is 4.98 Å². The van der Waals surface area contributed by atoms with E-state index in [9.17, 15) is 0 Å². The van der Waals surface area contributed by atoms with Gasteiger partial charge in [-0.1, -0.05) is 27.5 Å². The van der Waals surface area contributed by atoms with Crippen LogP contribution < -0.4 is 11.1 Å². The van der Waals surface area contributed by atoms with Crippen LogP contribution in [0.1, 0.15) is 0 Å². The lowest BCUT2D eigenvalue weighted by Crippen LogP contribution is -1.97. The summed E-state index contributed by atoms with van der Waals surface area (Å²) in [5.41, 5.74) is 9.17. The molecule has 3 N–H and O–H groups in total. The summed E-state index contributed by atoms with van der Waals surface area (Å²) in [6.45, 7) is 0. The Bertz CT molecular complexity index is 789. The molecule has 0 aliphatic carbocycles. The highest BCUT2D eigenvalue weighted by Crippen LogP contribution is 2.32. The smallest absolute Gasteiger partial charge is 0.0951 e. The van der Waals surface area contributed by atoms with E-state index < -0.39 is 0 Å². The van der Waals surface area contributed by atoms with Crippen LogP contribution in [0.15, 0.2) is 53.1 Å². The van der Waals surface area contributed by atoms with Gasteiger partial charge in [0.15, 0.2) is 0 Å². The largest absolute Gasteiger partial charge is 0.397 e. The van der Waals surface area contributed by atoms with Crippen molar-refractivity contribution >= 4 is 55.5 Å². The molecule has 3 nitrogen and oxygen atoms in total. The molecule has 3 rings (SSSR count). The average molecular weight is 349 g/mol. The molecule has 0 radical (unpaired) electrons. The van der Waals surface area contributed by atoms with Gasteiger partial charge in [0.2, 0.25) is 0 Å². The molecule has 100 valence electrons. The fraction of sp³-hybridized carbons (Fsp3) is 0. The number of rotatable bonds is 2. The van der Waals surface area contributed by atoms with Crippen LogP contribution in [0.2, 0.25) is 5.02 Å². The van der Waals surface area contributed by atoms with Gasteiger partial charge in [-0.05, 0) is 42.5 Å². The second kappa shape index (κ2) is 5.31. The van der Waals surface area contributed by atoms with E-state index in [2.05, 4.69) is 26.2 Å². The highest BCUT2D eigenvalue weighted by molar-refractivity contribution is 9.10. The number of pyridine rings is 1. The van der Waals surface area contributed by atoms with Gasteiger partial charge in [0, 0.05) is 16.1 Å². The van der Waals surface area contributed by atoms with E-state index in [1.54, 1.807) is 6.20 Å². The summed E-state index contributed by atoms with van der Waals surface area (Å²) in [4.78, 5) is 4.39. The standard InChI is InChI=1S/C15H11BrClN3/c16-9-3-5-12(18)14(8-9)20-13-6-4-11(17)10-2-1-7-19-15(10)13/h1-8,20H,18H2. The molecule has 0 fully saturated rings. The molecule has 0 bridgehead atoms. The lowest BCUT2D eigenvalue weighted by atomic mass is 10.1. The first-order chi connectivity index (χ1) is 9.65. The van der Waals surface area contributed by atoms with Gasteiger partial charge in [-0.3, -0.25) is 4.98 Å². The Hall–Kier alpha value is -1.78. The monoisotopic (exact) mass is 347 g/mol. The zero-order valence-corrected chi connectivity index (χ0v) is 12.7. The second-order valence-corrected chi connectivity index (χ2v) is 5.67. The minimum absolute atomic E-state index is 0.673. The summed E-state index contributed by atoms with van der Waals surface area (Å²) in [5, 5.41) is 4.90. The molecule has 1 heterocycles. The Kier molecular flexibility index (Phi) is 3.51. The normalized spacial score (nSPS) is 10.7. The summed E-state index contributed by atoms with van der Waals surface area (Å²) in [6.07, 6.45) is 1.74. The fourth-order valence-corrected chi connectivity index (χ4v) is 2.60. The van der Waals surface area contributed by atoms with Gasteiger partial charge < -0.3 is 11.1 Å². The Morgan fingerprint density at radius 1 is 1.10 bits per heavy atom. The minimum Gasteiger partial charge on any atom is -0.397 e. The van der Waals surface area contributed by atoms with Gasteiger partial charge in [0.25, 0.3) is 0 Å². The molecule has 5 heteroatoms. The van der Waals surface area contributed by atoms with Crippen molar-refractivity contribution in [1.29, 1.82) is 0 Å². The summed E-state index contributed by atoms with van der Waals surface area (Å²) < 4.78 is 0.959. The number of benzene rings is 2. The Morgan fingerprint density at radius 3 is 2.80 bits per heavy atom. The Morgan fingerprint density at radius 2 is 1.95 bits per heavy atom. The van der Waals surface area contributed by atoms with Gasteiger partial charge in [-0.15, -0.1) is 0 Å². The van der Waals surface area contributed by atoms with E-state index in [4.69, 9.17) is 17.3 Å². The third-order valence-electron chi connectivity index (χ3n) is 3.00. The van der Waals surface area contributed by atoms with Crippen LogP contribution in [0.25, 0.3) is 10.9 Å².